The predicted molar refractivity (Wildman–Crippen MR) is 98.8 cm³/mol. The van der Waals surface area contributed by atoms with Crippen molar-refractivity contribution in [2.45, 2.75) is 13.8 Å². The molecule has 0 radical (unpaired) electrons. The molecule has 2 N–H and O–H groups in total. The maximum Gasteiger partial charge on any atom is 0.249 e. The smallest absolute Gasteiger partial charge is 0.249 e. The van der Waals surface area contributed by atoms with Crippen molar-refractivity contribution < 1.29 is 0 Å². The molecule has 0 fully saturated rings. The van der Waals surface area contributed by atoms with Gasteiger partial charge in [-0.05, 0) is 43.2 Å². The van der Waals surface area contributed by atoms with Gasteiger partial charge in [0.25, 0.3) is 0 Å². The molecular formula is C17H15Cl2N5. The number of halogens is 2. The third-order valence-corrected chi connectivity index (χ3v) is 4.02. The third kappa shape index (κ3) is 3.75. The zero-order valence-corrected chi connectivity index (χ0v) is 14.7. The van der Waals surface area contributed by atoms with Crippen LogP contribution < -0.4 is 10.6 Å². The van der Waals surface area contributed by atoms with E-state index in [0.717, 1.165) is 16.8 Å². The highest BCUT2D eigenvalue weighted by Crippen LogP contribution is 2.28. The number of aryl methyl sites for hydroxylation is 2. The standard InChI is InChI=1S/C17H15Cl2N5/c1-10-4-3-5-11(2)16(10)22-15-9-20-24-17(23-15)21-14-7-6-12(18)8-13(14)19/h3-9H,1-2H3,(H2,21,22,23,24). The van der Waals surface area contributed by atoms with Gasteiger partial charge in [-0.15, -0.1) is 5.10 Å². The Hall–Kier alpha value is -2.37. The minimum Gasteiger partial charge on any atom is -0.338 e. The van der Waals surface area contributed by atoms with Crippen molar-refractivity contribution in [2.24, 2.45) is 0 Å². The summed E-state index contributed by atoms with van der Waals surface area (Å²) in [6.07, 6.45) is 1.57. The topological polar surface area (TPSA) is 62.7 Å². The molecule has 7 heteroatoms. The fraction of sp³-hybridized carbons (Fsp3) is 0.118. The first-order valence-electron chi connectivity index (χ1n) is 7.28. The summed E-state index contributed by atoms with van der Waals surface area (Å²) in [6.45, 7) is 4.08. The first-order chi connectivity index (χ1) is 11.5. The van der Waals surface area contributed by atoms with Crippen LogP contribution in [-0.4, -0.2) is 15.2 Å². The number of anilines is 4. The van der Waals surface area contributed by atoms with Gasteiger partial charge in [0.1, 0.15) is 0 Å². The minimum absolute atomic E-state index is 0.343. The summed E-state index contributed by atoms with van der Waals surface area (Å²) in [5.74, 6) is 0.936. The quantitative estimate of drug-likeness (QED) is 0.663. The first-order valence-corrected chi connectivity index (χ1v) is 8.03. The highest BCUT2D eigenvalue weighted by Gasteiger charge is 2.07. The van der Waals surface area contributed by atoms with Crippen LogP contribution in [0.25, 0.3) is 0 Å². The van der Waals surface area contributed by atoms with E-state index in [9.17, 15) is 0 Å². The second kappa shape index (κ2) is 7.03. The summed E-state index contributed by atoms with van der Waals surface area (Å²) in [5.41, 5.74) is 3.92. The normalized spacial score (nSPS) is 10.5. The molecule has 5 nitrogen and oxygen atoms in total. The summed E-state index contributed by atoms with van der Waals surface area (Å²) >= 11 is 12.1. The van der Waals surface area contributed by atoms with Gasteiger partial charge >= 0.3 is 0 Å². The van der Waals surface area contributed by atoms with Gasteiger partial charge in [0, 0.05) is 10.7 Å². The molecule has 3 rings (SSSR count). The number of hydrogen-bond donors (Lipinski definition) is 2. The van der Waals surface area contributed by atoms with Crippen LogP contribution in [0, 0.1) is 13.8 Å². The molecule has 3 aromatic rings. The van der Waals surface area contributed by atoms with Gasteiger partial charge in [0.15, 0.2) is 5.82 Å². The Labute approximate surface area is 150 Å². The van der Waals surface area contributed by atoms with E-state index in [0.29, 0.717) is 27.5 Å². The molecule has 0 unspecified atom stereocenters. The van der Waals surface area contributed by atoms with Crippen molar-refractivity contribution in [1.82, 2.24) is 15.2 Å². The van der Waals surface area contributed by atoms with Crippen molar-refractivity contribution in [3.05, 3.63) is 63.8 Å². The molecule has 24 heavy (non-hydrogen) atoms. The summed E-state index contributed by atoms with van der Waals surface area (Å²) < 4.78 is 0. The van der Waals surface area contributed by atoms with Crippen molar-refractivity contribution in [1.29, 1.82) is 0 Å². The molecule has 1 aromatic heterocycles. The Bertz CT molecular complexity index is 862. The molecule has 0 atom stereocenters. The summed E-state index contributed by atoms with van der Waals surface area (Å²) in [4.78, 5) is 4.42. The van der Waals surface area contributed by atoms with Crippen LogP contribution in [0.1, 0.15) is 11.1 Å². The number of nitrogens with zero attached hydrogens (tertiary/aromatic N) is 3. The highest BCUT2D eigenvalue weighted by atomic mass is 35.5. The van der Waals surface area contributed by atoms with Gasteiger partial charge in [0.05, 0.1) is 16.9 Å². The van der Waals surface area contributed by atoms with Gasteiger partial charge in [-0.2, -0.15) is 10.1 Å². The van der Waals surface area contributed by atoms with E-state index in [1.165, 1.54) is 0 Å². The molecule has 2 aromatic carbocycles. The zero-order valence-electron chi connectivity index (χ0n) is 13.1. The van der Waals surface area contributed by atoms with E-state index in [-0.39, 0.29) is 0 Å². The van der Waals surface area contributed by atoms with Crippen LogP contribution in [0.3, 0.4) is 0 Å². The van der Waals surface area contributed by atoms with Crippen molar-refractivity contribution in [2.75, 3.05) is 10.6 Å². The molecule has 122 valence electrons. The molecular weight excluding hydrogens is 345 g/mol. The lowest BCUT2D eigenvalue weighted by molar-refractivity contribution is 0.982. The van der Waals surface area contributed by atoms with E-state index < -0.39 is 0 Å². The van der Waals surface area contributed by atoms with Crippen molar-refractivity contribution in [3.63, 3.8) is 0 Å². The summed E-state index contributed by atoms with van der Waals surface area (Å²) in [7, 11) is 0. The SMILES string of the molecule is Cc1cccc(C)c1Nc1cnnc(Nc2ccc(Cl)cc2Cl)n1. The molecule has 0 aliphatic carbocycles. The Morgan fingerprint density at radius 1 is 0.958 bits per heavy atom. The average Bonchev–Trinajstić information content (AvgIpc) is 2.54. The van der Waals surface area contributed by atoms with Gasteiger partial charge in [-0.3, -0.25) is 0 Å². The maximum atomic E-state index is 6.15. The van der Waals surface area contributed by atoms with E-state index >= 15 is 0 Å². The van der Waals surface area contributed by atoms with E-state index in [1.54, 1.807) is 24.4 Å². The monoisotopic (exact) mass is 359 g/mol. The van der Waals surface area contributed by atoms with Gasteiger partial charge in [0.2, 0.25) is 5.95 Å². The molecule has 0 aliphatic rings. The molecule has 0 amide bonds. The van der Waals surface area contributed by atoms with E-state index in [2.05, 4.69) is 25.8 Å². The maximum absolute atomic E-state index is 6.15. The first kappa shape index (κ1) is 16.5. The van der Waals surface area contributed by atoms with Crippen LogP contribution in [-0.2, 0) is 0 Å². The molecule has 0 saturated heterocycles. The van der Waals surface area contributed by atoms with E-state index in [4.69, 9.17) is 23.2 Å². The van der Waals surface area contributed by atoms with Crippen molar-refractivity contribution >= 4 is 46.3 Å². The lowest BCUT2D eigenvalue weighted by atomic mass is 10.1. The lowest BCUT2D eigenvalue weighted by Crippen LogP contribution is -2.04. The number of para-hydroxylation sites is 1. The number of benzene rings is 2. The molecule has 0 saturated carbocycles. The second-order valence-electron chi connectivity index (χ2n) is 5.31. The van der Waals surface area contributed by atoms with Crippen molar-refractivity contribution in [3.8, 4) is 0 Å². The number of nitrogens with one attached hydrogen (secondary N) is 2. The molecule has 0 bridgehead atoms. The zero-order chi connectivity index (χ0) is 17.1. The van der Waals surface area contributed by atoms with E-state index in [1.807, 2.05) is 32.0 Å². The number of aromatic nitrogens is 3. The number of hydrogen-bond acceptors (Lipinski definition) is 5. The van der Waals surface area contributed by atoms with Crippen LogP contribution in [0.15, 0.2) is 42.6 Å². The Kier molecular flexibility index (Phi) is 4.83. The highest BCUT2D eigenvalue weighted by molar-refractivity contribution is 6.36. The Balaban J connectivity index is 1.84. The predicted octanol–water partition coefficient (Wildman–Crippen LogP) is 5.28. The summed E-state index contributed by atoms with van der Waals surface area (Å²) in [5, 5.41) is 15.3. The largest absolute Gasteiger partial charge is 0.338 e. The summed E-state index contributed by atoms with van der Waals surface area (Å²) in [6, 6.07) is 11.2. The van der Waals surface area contributed by atoms with Crippen LogP contribution in [0.2, 0.25) is 10.0 Å². The fourth-order valence-electron chi connectivity index (χ4n) is 2.27. The number of rotatable bonds is 4. The van der Waals surface area contributed by atoms with Gasteiger partial charge < -0.3 is 10.6 Å². The van der Waals surface area contributed by atoms with Gasteiger partial charge in [-0.25, -0.2) is 0 Å². The Morgan fingerprint density at radius 3 is 2.42 bits per heavy atom. The van der Waals surface area contributed by atoms with Crippen LogP contribution in [0.4, 0.5) is 23.1 Å². The minimum atomic E-state index is 0.343. The molecule has 1 heterocycles. The Morgan fingerprint density at radius 2 is 1.71 bits per heavy atom. The molecule has 0 spiro atoms. The van der Waals surface area contributed by atoms with Gasteiger partial charge in [-0.1, -0.05) is 41.4 Å². The lowest BCUT2D eigenvalue weighted by Gasteiger charge is -2.12. The van der Waals surface area contributed by atoms with Crippen LogP contribution in [0.5, 0.6) is 0 Å². The second-order valence-corrected chi connectivity index (χ2v) is 6.15. The third-order valence-electron chi connectivity index (χ3n) is 3.47. The van der Waals surface area contributed by atoms with Crippen LogP contribution >= 0.6 is 23.2 Å². The fourth-order valence-corrected chi connectivity index (χ4v) is 2.72. The molecule has 0 aliphatic heterocycles. The average molecular weight is 360 g/mol.